The van der Waals surface area contributed by atoms with Gasteiger partial charge in [0.05, 0.1) is 6.04 Å². The Kier molecular flexibility index (Phi) is 4.60. The molecule has 0 spiro atoms. The summed E-state index contributed by atoms with van der Waals surface area (Å²) in [6.07, 6.45) is 0.428. The minimum Gasteiger partial charge on any atom is -0.508 e. The molecule has 2 rings (SSSR count). The highest BCUT2D eigenvalue weighted by molar-refractivity contribution is 5.95. The quantitative estimate of drug-likeness (QED) is 0.807. The van der Waals surface area contributed by atoms with Gasteiger partial charge in [-0.3, -0.25) is 4.79 Å². The minimum atomic E-state index is -0.630. The van der Waals surface area contributed by atoms with Gasteiger partial charge in [-0.05, 0) is 55.2 Å². The van der Waals surface area contributed by atoms with Crippen molar-refractivity contribution in [2.24, 2.45) is 5.73 Å². The van der Waals surface area contributed by atoms with E-state index in [1.165, 1.54) is 0 Å². The third kappa shape index (κ3) is 4.07. The molecule has 0 heterocycles. The number of aromatic hydroxyl groups is 1. The number of anilines is 1. The number of phenols is 1. The Morgan fingerprint density at radius 2 is 1.86 bits per heavy atom. The topological polar surface area (TPSA) is 75.4 Å². The third-order valence-electron chi connectivity index (χ3n) is 3.38. The average Bonchev–Trinajstić information content (AvgIpc) is 2.45. The lowest BCUT2D eigenvalue weighted by Gasteiger charge is -2.14. The highest BCUT2D eigenvalue weighted by atomic mass is 16.3. The zero-order valence-corrected chi connectivity index (χ0v) is 12.3. The van der Waals surface area contributed by atoms with Gasteiger partial charge in [0, 0.05) is 5.69 Å². The van der Waals surface area contributed by atoms with Gasteiger partial charge in [-0.25, -0.2) is 0 Å². The van der Waals surface area contributed by atoms with Crippen molar-refractivity contribution in [3.05, 3.63) is 59.2 Å². The number of carbonyl (C=O) groups excluding carboxylic acids is 1. The molecule has 0 bridgehead atoms. The molecule has 0 fully saturated rings. The molecular formula is C17H20N2O2. The van der Waals surface area contributed by atoms with Crippen LogP contribution in [-0.2, 0) is 11.2 Å². The zero-order chi connectivity index (χ0) is 15.4. The fourth-order valence-corrected chi connectivity index (χ4v) is 2.07. The Morgan fingerprint density at radius 1 is 1.19 bits per heavy atom. The second kappa shape index (κ2) is 6.41. The van der Waals surface area contributed by atoms with Crippen molar-refractivity contribution in [2.45, 2.75) is 26.3 Å². The summed E-state index contributed by atoms with van der Waals surface area (Å²) in [7, 11) is 0. The standard InChI is InChI=1S/C17H20N2O2/c1-11-3-4-12(2)16(9-11)19-17(21)15(18)10-13-5-7-14(20)8-6-13/h3-9,15,20H,10,18H2,1-2H3,(H,19,21). The molecule has 0 aliphatic rings. The summed E-state index contributed by atoms with van der Waals surface area (Å²) >= 11 is 0. The van der Waals surface area contributed by atoms with Crippen LogP contribution in [0.1, 0.15) is 16.7 Å². The maximum Gasteiger partial charge on any atom is 0.241 e. The molecule has 2 aromatic rings. The Balaban J connectivity index is 2.02. The number of phenolic OH excluding ortho intramolecular Hbond substituents is 1. The van der Waals surface area contributed by atoms with Crippen LogP contribution in [0.25, 0.3) is 0 Å². The van der Waals surface area contributed by atoms with Gasteiger partial charge < -0.3 is 16.2 Å². The SMILES string of the molecule is Cc1ccc(C)c(NC(=O)C(N)Cc2ccc(O)cc2)c1. The molecule has 1 atom stereocenters. The lowest BCUT2D eigenvalue weighted by atomic mass is 10.1. The van der Waals surface area contributed by atoms with E-state index in [0.29, 0.717) is 6.42 Å². The third-order valence-corrected chi connectivity index (χ3v) is 3.38. The first-order valence-corrected chi connectivity index (χ1v) is 6.87. The predicted octanol–water partition coefficient (Wildman–Crippen LogP) is 2.52. The number of hydrogen-bond donors (Lipinski definition) is 3. The van der Waals surface area contributed by atoms with E-state index < -0.39 is 6.04 Å². The maximum absolute atomic E-state index is 12.2. The van der Waals surface area contributed by atoms with Crippen LogP contribution < -0.4 is 11.1 Å². The van der Waals surface area contributed by atoms with Crippen LogP contribution in [0, 0.1) is 13.8 Å². The number of nitrogens with one attached hydrogen (secondary N) is 1. The van der Waals surface area contributed by atoms with Crippen LogP contribution >= 0.6 is 0 Å². The van der Waals surface area contributed by atoms with Gasteiger partial charge in [0.1, 0.15) is 5.75 Å². The van der Waals surface area contributed by atoms with E-state index in [-0.39, 0.29) is 11.7 Å². The van der Waals surface area contributed by atoms with Crippen LogP contribution in [0.5, 0.6) is 5.75 Å². The highest BCUT2D eigenvalue weighted by Crippen LogP contribution is 2.17. The van der Waals surface area contributed by atoms with Gasteiger partial charge in [0.2, 0.25) is 5.91 Å². The van der Waals surface area contributed by atoms with Crippen molar-refractivity contribution in [1.82, 2.24) is 0 Å². The number of hydrogen-bond acceptors (Lipinski definition) is 3. The summed E-state index contributed by atoms with van der Waals surface area (Å²) in [6, 6.07) is 12.0. The molecule has 4 N–H and O–H groups in total. The zero-order valence-electron chi connectivity index (χ0n) is 12.3. The van der Waals surface area contributed by atoms with Crippen LogP contribution in [0.3, 0.4) is 0 Å². The van der Waals surface area contributed by atoms with E-state index >= 15 is 0 Å². The summed E-state index contributed by atoms with van der Waals surface area (Å²) in [5.74, 6) is -0.0102. The molecule has 0 aliphatic heterocycles. The van der Waals surface area contributed by atoms with Crippen molar-refractivity contribution in [3.63, 3.8) is 0 Å². The van der Waals surface area contributed by atoms with Gasteiger partial charge in [0.25, 0.3) is 0 Å². The van der Waals surface area contributed by atoms with Crippen LogP contribution in [0.15, 0.2) is 42.5 Å². The number of aryl methyl sites for hydroxylation is 2. The Bertz CT molecular complexity index is 636. The summed E-state index contributed by atoms with van der Waals surface area (Å²) in [5, 5.41) is 12.1. The van der Waals surface area contributed by atoms with Crippen molar-refractivity contribution in [1.29, 1.82) is 0 Å². The normalized spacial score (nSPS) is 12.0. The fraction of sp³-hybridized carbons (Fsp3) is 0.235. The predicted molar refractivity (Wildman–Crippen MR) is 84.3 cm³/mol. The van der Waals surface area contributed by atoms with Crippen molar-refractivity contribution >= 4 is 11.6 Å². The fourth-order valence-electron chi connectivity index (χ4n) is 2.07. The number of carbonyl (C=O) groups is 1. The van der Waals surface area contributed by atoms with Gasteiger partial charge in [-0.1, -0.05) is 24.3 Å². The van der Waals surface area contributed by atoms with Gasteiger partial charge in [0.15, 0.2) is 0 Å². The summed E-state index contributed by atoms with van der Waals surface area (Å²) in [6.45, 7) is 3.92. The largest absolute Gasteiger partial charge is 0.508 e. The molecule has 0 aromatic heterocycles. The molecule has 110 valence electrons. The minimum absolute atomic E-state index is 0.201. The second-order valence-electron chi connectivity index (χ2n) is 5.28. The van der Waals surface area contributed by atoms with E-state index in [4.69, 9.17) is 5.73 Å². The Labute approximate surface area is 124 Å². The molecule has 4 nitrogen and oxygen atoms in total. The lowest BCUT2D eigenvalue weighted by molar-refractivity contribution is -0.117. The first-order chi connectivity index (χ1) is 9.95. The Hall–Kier alpha value is -2.33. The number of benzene rings is 2. The number of nitrogens with two attached hydrogens (primary N) is 1. The van der Waals surface area contributed by atoms with Crippen LogP contribution in [0.4, 0.5) is 5.69 Å². The first-order valence-electron chi connectivity index (χ1n) is 6.87. The molecule has 4 heteroatoms. The molecule has 0 saturated heterocycles. The smallest absolute Gasteiger partial charge is 0.241 e. The molecule has 2 aromatic carbocycles. The lowest BCUT2D eigenvalue weighted by Crippen LogP contribution is -2.37. The van der Waals surface area contributed by atoms with E-state index in [2.05, 4.69) is 5.32 Å². The van der Waals surface area contributed by atoms with E-state index in [1.54, 1.807) is 24.3 Å². The van der Waals surface area contributed by atoms with Gasteiger partial charge in [-0.2, -0.15) is 0 Å². The molecule has 0 aliphatic carbocycles. The molecule has 21 heavy (non-hydrogen) atoms. The first kappa shape index (κ1) is 15.1. The van der Waals surface area contributed by atoms with Crippen molar-refractivity contribution in [2.75, 3.05) is 5.32 Å². The van der Waals surface area contributed by atoms with Gasteiger partial charge in [-0.15, -0.1) is 0 Å². The number of rotatable bonds is 4. The van der Waals surface area contributed by atoms with Crippen molar-refractivity contribution < 1.29 is 9.90 Å². The van der Waals surface area contributed by atoms with Gasteiger partial charge >= 0.3 is 0 Å². The average molecular weight is 284 g/mol. The highest BCUT2D eigenvalue weighted by Gasteiger charge is 2.15. The maximum atomic E-state index is 12.2. The van der Waals surface area contributed by atoms with Crippen LogP contribution in [-0.4, -0.2) is 17.1 Å². The Morgan fingerprint density at radius 3 is 2.52 bits per heavy atom. The number of amides is 1. The monoisotopic (exact) mass is 284 g/mol. The van der Waals surface area contributed by atoms with E-state index in [1.807, 2.05) is 32.0 Å². The van der Waals surface area contributed by atoms with Crippen molar-refractivity contribution in [3.8, 4) is 5.75 Å². The summed E-state index contributed by atoms with van der Waals surface area (Å²) in [5.41, 5.74) is 9.75. The second-order valence-corrected chi connectivity index (χ2v) is 5.28. The van der Waals surface area contributed by atoms with E-state index in [9.17, 15) is 9.90 Å². The molecular weight excluding hydrogens is 264 g/mol. The van der Waals surface area contributed by atoms with E-state index in [0.717, 1.165) is 22.4 Å². The molecule has 1 amide bonds. The van der Waals surface area contributed by atoms with Crippen LogP contribution in [0.2, 0.25) is 0 Å². The summed E-state index contributed by atoms with van der Waals surface area (Å²) < 4.78 is 0. The molecule has 1 unspecified atom stereocenters. The molecule has 0 radical (unpaired) electrons. The summed E-state index contributed by atoms with van der Waals surface area (Å²) in [4.78, 5) is 12.2. The molecule has 0 saturated carbocycles.